The zero-order valence-corrected chi connectivity index (χ0v) is 14.4. The highest BCUT2D eigenvalue weighted by molar-refractivity contribution is 5.86. The van der Waals surface area contributed by atoms with Crippen molar-refractivity contribution in [3.63, 3.8) is 0 Å². The van der Waals surface area contributed by atoms with E-state index in [9.17, 15) is 9.90 Å². The van der Waals surface area contributed by atoms with Crippen molar-refractivity contribution in [2.45, 2.75) is 71.1 Å². The summed E-state index contributed by atoms with van der Waals surface area (Å²) in [4.78, 5) is 12.9. The molecule has 2 fully saturated rings. The van der Waals surface area contributed by atoms with E-state index in [-0.39, 0.29) is 10.8 Å². The highest BCUT2D eigenvalue weighted by Crippen LogP contribution is 2.64. The molecule has 1 aromatic carbocycles. The molecule has 1 N–H and O–H groups in total. The molecule has 0 aromatic heterocycles. The molecule has 2 nitrogen and oxygen atoms in total. The van der Waals surface area contributed by atoms with E-state index in [1.165, 1.54) is 30.4 Å². The number of hydrogen-bond acceptors (Lipinski definition) is 2. The zero-order chi connectivity index (χ0) is 16.2. The standard InChI is InChI=1S/C21H28O2/c1-20-11-4-3-5-19(23)21(20,2)12-10-17-16-8-7-15(22)13-14(16)6-9-18(17)20/h7-8,13,17-18,22H,3-6,9-12H2,1-2H3/t17?,18?,20-,21-/m1/s1. The molecule has 0 aliphatic heterocycles. The molecule has 2 unspecified atom stereocenters. The first-order valence-corrected chi connectivity index (χ1v) is 9.31. The molecule has 3 aliphatic rings. The summed E-state index contributed by atoms with van der Waals surface area (Å²) in [6, 6.07) is 5.95. The van der Waals surface area contributed by atoms with Gasteiger partial charge in [0, 0.05) is 11.8 Å². The minimum atomic E-state index is -0.126. The van der Waals surface area contributed by atoms with Crippen LogP contribution < -0.4 is 0 Å². The van der Waals surface area contributed by atoms with Gasteiger partial charge in [0.1, 0.15) is 11.5 Å². The van der Waals surface area contributed by atoms with E-state index in [1.807, 2.05) is 12.1 Å². The molecule has 0 bridgehead atoms. The average molecular weight is 312 g/mol. The van der Waals surface area contributed by atoms with Gasteiger partial charge in [-0.25, -0.2) is 0 Å². The van der Waals surface area contributed by atoms with Crippen molar-refractivity contribution in [3.8, 4) is 5.75 Å². The predicted molar refractivity (Wildman–Crippen MR) is 91.6 cm³/mol. The van der Waals surface area contributed by atoms with Crippen LogP contribution in [0.15, 0.2) is 18.2 Å². The van der Waals surface area contributed by atoms with Gasteiger partial charge in [-0.3, -0.25) is 4.79 Å². The van der Waals surface area contributed by atoms with Crippen LogP contribution >= 0.6 is 0 Å². The van der Waals surface area contributed by atoms with Crippen LogP contribution in [-0.4, -0.2) is 10.9 Å². The summed E-state index contributed by atoms with van der Waals surface area (Å²) in [5.74, 6) is 2.09. The van der Waals surface area contributed by atoms with Crippen LogP contribution in [0.2, 0.25) is 0 Å². The van der Waals surface area contributed by atoms with E-state index in [1.54, 1.807) is 0 Å². The second kappa shape index (κ2) is 5.09. The van der Waals surface area contributed by atoms with Crippen molar-refractivity contribution in [2.24, 2.45) is 16.7 Å². The highest BCUT2D eigenvalue weighted by Gasteiger charge is 2.58. The van der Waals surface area contributed by atoms with Gasteiger partial charge in [-0.1, -0.05) is 26.3 Å². The Kier molecular flexibility index (Phi) is 3.37. The lowest BCUT2D eigenvalue weighted by molar-refractivity contribution is -0.144. The van der Waals surface area contributed by atoms with Gasteiger partial charge in [-0.2, -0.15) is 0 Å². The number of fused-ring (bicyclic) bond motifs is 5. The number of carbonyl (C=O) groups is 1. The van der Waals surface area contributed by atoms with Crippen LogP contribution in [0.1, 0.15) is 75.8 Å². The Balaban J connectivity index is 1.78. The lowest BCUT2D eigenvalue weighted by atomic mass is 9.45. The summed E-state index contributed by atoms with van der Waals surface area (Å²) in [5, 5.41) is 9.79. The van der Waals surface area contributed by atoms with E-state index in [0.717, 1.165) is 32.1 Å². The number of phenols is 1. The number of benzene rings is 1. The number of rotatable bonds is 0. The largest absolute Gasteiger partial charge is 0.508 e. The molecule has 4 rings (SSSR count). The number of hydrogen-bond donors (Lipinski definition) is 1. The van der Waals surface area contributed by atoms with Gasteiger partial charge in [0.05, 0.1) is 0 Å². The van der Waals surface area contributed by atoms with Gasteiger partial charge < -0.3 is 5.11 Å². The molecular weight excluding hydrogens is 284 g/mol. The fraction of sp³-hybridized carbons (Fsp3) is 0.667. The first kappa shape index (κ1) is 15.2. The van der Waals surface area contributed by atoms with Crippen LogP contribution in [0.25, 0.3) is 0 Å². The van der Waals surface area contributed by atoms with Crippen LogP contribution in [0, 0.1) is 16.7 Å². The lowest BCUT2D eigenvalue weighted by Gasteiger charge is -2.58. The molecule has 124 valence electrons. The fourth-order valence-corrected chi connectivity index (χ4v) is 6.13. The maximum absolute atomic E-state index is 12.9. The van der Waals surface area contributed by atoms with Crippen molar-refractivity contribution >= 4 is 5.78 Å². The second-order valence-corrected chi connectivity index (χ2v) is 8.55. The average Bonchev–Trinajstić information content (AvgIpc) is 2.65. The third-order valence-electron chi connectivity index (χ3n) is 7.74. The summed E-state index contributed by atoms with van der Waals surface area (Å²) in [5.41, 5.74) is 2.79. The molecule has 0 radical (unpaired) electrons. The lowest BCUT2D eigenvalue weighted by Crippen LogP contribution is -2.53. The first-order chi connectivity index (χ1) is 11.0. The molecule has 0 heterocycles. The van der Waals surface area contributed by atoms with Crippen molar-refractivity contribution in [3.05, 3.63) is 29.3 Å². The molecule has 0 amide bonds. The van der Waals surface area contributed by atoms with E-state index in [4.69, 9.17) is 0 Å². The molecule has 0 spiro atoms. The Morgan fingerprint density at radius 1 is 1.09 bits per heavy atom. The van der Waals surface area contributed by atoms with Crippen molar-refractivity contribution in [2.75, 3.05) is 0 Å². The van der Waals surface area contributed by atoms with Crippen LogP contribution in [0.5, 0.6) is 5.75 Å². The normalized spacial score (nSPS) is 39.8. The third-order valence-corrected chi connectivity index (χ3v) is 7.74. The zero-order valence-electron chi connectivity index (χ0n) is 14.4. The van der Waals surface area contributed by atoms with Crippen LogP contribution in [-0.2, 0) is 11.2 Å². The second-order valence-electron chi connectivity index (χ2n) is 8.55. The van der Waals surface area contributed by atoms with E-state index < -0.39 is 0 Å². The number of ketones is 1. The van der Waals surface area contributed by atoms with E-state index >= 15 is 0 Å². The smallest absolute Gasteiger partial charge is 0.139 e. The summed E-state index contributed by atoms with van der Waals surface area (Å²) < 4.78 is 0. The Labute approximate surface area is 139 Å². The SMILES string of the molecule is C[C@]12CCC3c4ccc(O)cc4CCC3[C@@]1(C)CCCCC2=O. The van der Waals surface area contributed by atoms with Crippen molar-refractivity contribution < 1.29 is 9.90 Å². The summed E-state index contributed by atoms with van der Waals surface area (Å²) in [6.45, 7) is 4.68. The van der Waals surface area contributed by atoms with Crippen molar-refractivity contribution in [1.82, 2.24) is 0 Å². The van der Waals surface area contributed by atoms with E-state index in [0.29, 0.717) is 23.4 Å². The quantitative estimate of drug-likeness (QED) is 0.733. The molecule has 23 heavy (non-hydrogen) atoms. The summed E-state index contributed by atoms with van der Waals surface area (Å²) in [6.07, 6.45) is 8.63. The molecule has 1 aromatic rings. The molecule has 2 heteroatoms. The summed E-state index contributed by atoms with van der Waals surface area (Å²) >= 11 is 0. The van der Waals surface area contributed by atoms with Gasteiger partial charge in [-0.05, 0) is 79.0 Å². The van der Waals surface area contributed by atoms with Gasteiger partial charge in [0.2, 0.25) is 0 Å². The predicted octanol–water partition coefficient (Wildman–Crippen LogP) is 4.99. The number of aryl methyl sites for hydroxylation is 1. The molecule has 4 atom stereocenters. The van der Waals surface area contributed by atoms with E-state index in [2.05, 4.69) is 19.9 Å². The molecule has 2 saturated carbocycles. The third kappa shape index (κ3) is 2.03. The van der Waals surface area contributed by atoms with Crippen molar-refractivity contribution in [1.29, 1.82) is 0 Å². The molecule has 0 saturated heterocycles. The Morgan fingerprint density at radius 2 is 1.91 bits per heavy atom. The van der Waals surface area contributed by atoms with Gasteiger partial charge in [0.25, 0.3) is 0 Å². The Bertz CT molecular complexity index is 649. The minimum Gasteiger partial charge on any atom is -0.508 e. The first-order valence-electron chi connectivity index (χ1n) is 9.31. The fourth-order valence-electron chi connectivity index (χ4n) is 6.13. The minimum absolute atomic E-state index is 0.126. The molecule has 3 aliphatic carbocycles. The monoisotopic (exact) mass is 312 g/mol. The number of Topliss-reactive ketones (excluding diaryl/α,β-unsaturated/α-hetero) is 1. The van der Waals surface area contributed by atoms with Gasteiger partial charge in [-0.15, -0.1) is 0 Å². The van der Waals surface area contributed by atoms with Crippen LogP contribution in [0.4, 0.5) is 0 Å². The maximum Gasteiger partial charge on any atom is 0.139 e. The Morgan fingerprint density at radius 3 is 2.74 bits per heavy atom. The van der Waals surface area contributed by atoms with Gasteiger partial charge in [0.15, 0.2) is 0 Å². The van der Waals surface area contributed by atoms with Gasteiger partial charge >= 0.3 is 0 Å². The number of aromatic hydroxyl groups is 1. The topological polar surface area (TPSA) is 37.3 Å². The number of carbonyl (C=O) groups excluding carboxylic acids is 1. The van der Waals surface area contributed by atoms with Crippen LogP contribution in [0.3, 0.4) is 0 Å². The highest BCUT2D eigenvalue weighted by atomic mass is 16.3. The Hall–Kier alpha value is -1.31. The summed E-state index contributed by atoms with van der Waals surface area (Å²) in [7, 11) is 0. The molecular formula is C21H28O2. The maximum atomic E-state index is 12.9. The number of phenolic OH excluding ortho intramolecular Hbond substituents is 1.